The van der Waals surface area contributed by atoms with Crippen LogP contribution in [0.15, 0.2) is 16.8 Å². The standard InChI is InChI=1S/C16H26N2OS2/c1-11(2)7-14-16(19)18(8-12(3)9-20-4)15(17-14)13-5-6-21-10-13/h5-6,10-12,14-15,17H,7-9H2,1-4H3. The molecule has 118 valence electrons. The Morgan fingerprint density at radius 1 is 1.43 bits per heavy atom. The van der Waals surface area contributed by atoms with E-state index in [1.165, 1.54) is 5.56 Å². The third-order valence-corrected chi connectivity index (χ3v) is 5.38. The summed E-state index contributed by atoms with van der Waals surface area (Å²) in [5, 5.41) is 7.78. The summed E-state index contributed by atoms with van der Waals surface area (Å²) in [7, 11) is 0. The summed E-state index contributed by atoms with van der Waals surface area (Å²) in [5.41, 5.74) is 1.22. The maximum atomic E-state index is 12.7. The maximum absolute atomic E-state index is 12.7. The highest BCUT2D eigenvalue weighted by atomic mass is 32.2. The Hall–Kier alpha value is -0.520. The van der Waals surface area contributed by atoms with Crippen LogP contribution < -0.4 is 5.32 Å². The molecular formula is C16H26N2OS2. The summed E-state index contributed by atoms with van der Waals surface area (Å²) >= 11 is 3.54. The van der Waals surface area contributed by atoms with Crippen LogP contribution in [0.2, 0.25) is 0 Å². The molecule has 1 amide bonds. The highest BCUT2D eigenvalue weighted by Gasteiger charge is 2.40. The molecule has 1 aliphatic heterocycles. The molecule has 1 saturated heterocycles. The monoisotopic (exact) mass is 326 g/mol. The van der Waals surface area contributed by atoms with Gasteiger partial charge in [0.2, 0.25) is 5.91 Å². The SMILES string of the molecule is CSCC(C)CN1C(=O)C(CC(C)C)NC1c1ccsc1. The molecule has 3 atom stereocenters. The molecule has 3 unspecified atom stereocenters. The lowest BCUT2D eigenvalue weighted by Crippen LogP contribution is -2.35. The molecule has 0 bridgehead atoms. The van der Waals surface area contributed by atoms with E-state index in [0.717, 1.165) is 18.7 Å². The largest absolute Gasteiger partial charge is 0.321 e. The van der Waals surface area contributed by atoms with E-state index < -0.39 is 0 Å². The third kappa shape index (κ3) is 4.24. The molecule has 1 aromatic heterocycles. The second-order valence-electron chi connectivity index (χ2n) is 6.36. The zero-order valence-electron chi connectivity index (χ0n) is 13.3. The number of nitrogens with zero attached hydrogens (tertiary/aromatic N) is 1. The maximum Gasteiger partial charge on any atom is 0.241 e. The fourth-order valence-electron chi connectivity index (χ4n) is 2.89. The molecule has 0 radical (unpaired) electrons. The van der Waals surface area contributed by atoms with Crippen LogP contribution in [0.25, 0.3) is 0 Å². The lowest BCUT2D eigenvalue weighted by Gasteiger charge is -2.26. The normalized spacial score (nSPS) is 24.0. The zero-order chi connectivity index (χ0) is 15.4. The van der Waals surface area contributed by atoms with E-state index >= 15 is 0 Å². The van der Waals surface area contributed by atoms with Crippen molar-refractivity contribution in [2.24, 2.45) is 11.8 Å². The lowest BCUT2D eigenvalue weighted by atomic mass is 10.0. The highest BCUT2D eigenvalue weighted by Crippen LogP contribution is 2.30. The molecule has 0 spiro atoms. The molecule has 1 aliphatic rings. The summed E-state index contributed by atoms with van der Waals surface area (Å²) in [5.74, 6) is 2.41. The van der Waals surface area contributed by atoms with E-state index in [0.29, 0.717) is 11.8 Å². The zero-order valence-corrected chi connectivity index (χ0v) is 15.0. The summed E-state index contributed by atoms with van der Waals surface area (Å²) in [4.78, 5) is 14.8. The van der Waals surface area contributed by atoms with Crippen molar-refractivity contribution in [2.75, 3.05) is 18.6 Å². The fraction of sp³-hybridized carbons (Fsp3) is 0.688. The van der Waals surface area contributed by atoms with Crippen LogP contribution in [0.1, 0.15) is 38.9 Å². The Kier molecular flexibility index (Phi) is 6.14. The number of thioether (sulfide) groups is 1. The van der Waals surface area contributed by atoms with Gasteiger partial charge in [-0.3, -0.25) is 10.1 Å². The molecule has 5 heteroatoms. The van der Waals surface area contributed by atoms with Gasteiger partial charge in [-0.1, -0.05) is 20.8 Å². The first kappa shape index (κ1) is 16.8. The van der Waals surface area contributed by atoms with Gasteiger partial charge in [-0.25, -0.2) is 0 Å². The quantitative estimate of drug-likeness (QED) is 0.831. The van der Waals surface area contributed by atoms with Crippen molar-refractivity contribution in [3.63, 3.8) is 0 Å². The van der Waals surface area contributed by atoms with Crippen LogP contribution in [-0.2, 0) is 4.79 Å². The summed E-state index contributed by atoms with van der Waals surface area (Å²) in [6.07, 6.45) is 3.09. The second-order valence-corrected chi connectivity index (χ2v) is 8.05. The average molecular weight is 327 g/mol. The van der Waals surface area contributed by atoms with Gasteiger partial charge in [-0.15, -0.1) is 0 Å². The van der Waals surface area contributed by atoms with Gasteiger partial charge in [0.05, 0.1) is 6.04 Å². The number of carbonyl (C=O) groups excluding carboxylic acids is 1. The van der Waals surface area contributed by atoms with Gasteiger partial charge >= 0.3 is 0 Å². The van der Waals surface area contributed by atoms with Crippen molar-refractivity contribution in [3.05, 3.63) is 22.4 Å². The van der Waals surface area contributed by atoms with Crippen LogP contribution in [0.4, 0.5) is 0 Å². The predicted molar refractivity (Wildman–Crippen MR) is 92.7 cm³/mol. The number of rotatable bonds is 7. The van der Waals surface area contributed by atoms with Crippen LogP contribution in [-0.4, -0.2) is 35.4 Å². The van der Waals surface area contributed by atoms with Crippen molar-refractivity contribution >= 4 is 29.0 Å². The van der Waals surface area contributed by atoms with E-state index in [-0.39, 0.29) is 18.1 Å². The molecule has 2 heterocycles. The summed E-state index contributed by atoms with van der Waals surface area (Å²) < 4.78 is 0. The van der Waals surface area contributed by atoms with Gasteiger partial charge in [-0.2, -0.15) is 23.1 Å². The van der Waals surface area contributed by atoms with E-state index in [2.05, 4.69) is 54.1 Å². The minimum atomic E-state index is -0.0311. The van der Waals surface area contributed by atoms with E-state index in [1.54, 1.807) is 11.3 Å². The van der Waals surface area contributed by atoms with E-state index in [4.69, 9.17) is 0 Å². The fourth-order valence-corrected chi connectivity index (χ4v) is 4.25. The van der Waals surface area contributed by atoms with Crippen LogP contribution in [0.3, 0.4) is 0 Å². The topological polar surface area (TPSA) is 32.3 Å². The van der Waals surface area contributed by atoms with Crippen molar-refractivity contribution in [3.8, 4) is 0 Å². The molecule has 0 saturated carbocycles. The Balaban J connectivity index is 2.13. The van der Waals surface area contributed by atoms with Crippen LogP contribution in [0, 0.1) is 11.8 Å². The molecule has 1 aromatic rings. The van der Waals surface area contributed by atoms with Crippen LogP contribution >= 0.6 is 23.1 Å². The highest BCUT2D eigenvalue weighted by molar-refractivity contribution is 7.98. The number of carbonyl (C=O) groups is 1. The molecule has 1 N–H and O–H groups in total. The molecule has 21 heavy (non-hydrogen) atoms. The smallest absolute Gasteiger partial charge is 0.241 e. The third-order valence-electron chi connectivity index (χ3n) is 3.78. The van der Waals surface area contributed by atoms with Gasteiger partial charge in [-0.05, 0) is 52.7 Å². The van der Waals surface area contributed by atoms with E-state index in [1.807, 2.05) is 11.8 Å². The Morgan fingerprint density at radius 2 is 2.19 bits per heavy atom. The van der Waals surface area contributed by atoms with Crippen molar-refractivity contribution in [1.29, 1.82) is 0 Å². The van der Waals surface area contributed by atoms with Gasteiger partial charge < -0.3 is 4.90 Å². The minimum absolute atomic E-state index is 0.0311. The Bertz CT molecular complexity index is 447. The molecule has 2 rings (SSSR count). The summed E-state index contributed by atoms with van der Waals surface area (Å²) in [6, 6.07) is 2.09. The Morgan fingerprint density at radius 3 is 2.76 bits per heavy atom. The van der Waals surface area contributed by atoms with Crippen molar-refractivity contribution in [2.45, 2.75) is 39.4 Å². The van der Waals surface area contributed by atoms with Crippen molar-refractivity contribution < 1.29 is 4.79 Å². The second kappa shape index (κ2) is 7.65. The molecule has 1 fully saturated rings. The first-order valence-electron chi connectivity index (χ1n) is 7.60. The number of thiophene rings is 1. The van der Waals surface area contributed by atoms with Crippen molar-refractivity contribution in [1.82, 2.24) is 10.2 Å². The van der Waals surface area contributed by atoms with Gasteiger partial charge in [0.1, 0.15) is 6.17 Å². The molecular weight excluding hydrogens is 300 g/mol. The number of amides is 1. The average Bonchev–Trinajstić information content (AvgIpc) is 3.02. The first-order chi connectivity index (χ1) is 10.0. The Labute approximate surface area is 136 Å². The lowest BCUT2D eigenvalue weighted by molar-refractivity contribution is -0.130. The van der Waals surface area contributed by atoms with Gasteiger partial charge in [0.25, 0.3) is 0 Å². The number of hydrogen-bond acceptors (Lipinski definition) is 4. The van der Waals surface area contributed by atoms with E-state index in [9.17, 15) is 4.79 Å². The molecule has 0 aliphatic carbocycles. The van der Waals surface area contributed by atoms with Gasteiger partial charge in [0, 0.05) is 6.54 Å². The molecule has 3 nitrogen and oxygen atoms in total. The van der Waals surface area contributed by atoms with Crippen LogP contribution in [0.5, 0.6) is 0 Å². The molecule has 0 aromatic carbocycles. The number of nitrogens with one attached hydrogen (secondary N) is 1. The van der Waals surface area contributed by atoms with Gasteiger partial charge in [0.15, 0.2) is 0 Å². The minimum Gasteiger partial charge on any atom is -0.321 e. The predicted octanol–water partition coefficient (Wildman–Crippen LogP) is 3.59. The number of hydrogen-bond donors (Lipinski definition) is 1. The summed E-state index contributed by atoms with van der Waals surface area (Å²) in [6.45, 7) is 7.41. The first-order valence-corrected chi connectivity index (χ1v) is 9.94.